The van der Waals surface area contributed by atoms with Crippen LogP contribution in [0.25, 0.3) is 10.9 Å². The molecule has 0 saturated carbocycles. The van der Waals surface area contributed by atoms with E-state index in [0.717, 1.165) is 21.4 Å². The predicted molar refractivity (Wildman–Crippen MR) is 161 cm³/mol. The Morgan fingerprint density at radius 2 is 1.59 bits per heavy atom. The number of aliphatic carboxylic acids is 1. The molecule has 0 spiro atoms. The first-order valence-electron chi connectivity index (χ1n) is 13.7. The molecule has 1 aromatic heterocycles. The summed E-state index contributed by atoms with van der Waals surface area (Å²) in [4.78, 5) is 66.1. The van der Waals surface area contributed by atoms with E-state index in [1.54, 1.807) is 30.5 Å². The van der Waals surface area contributed by atoms with Gasteiger partial charge in [0.1, 0.15) is 25.7 Å². The van der Waals surface area contributed by atoms with Crippen molar-refractivity contribution in [2.45, 2.75) is 25.5 Å². The molecule has 4 rings (SSSR count). The zero-order valence-corrected chi connectivity index (χ0v) is 23.9. The fraction of sp³-hybridized carbons (Fsp3) is 0.219. The first kappa shape index (κ1) is 31.3. The molecule has 4 aromatic rings. The molecular formula is C32H32N4O8. The monoisotopic (exact) mass is 600 g/mol. The number of para-hydroxylation sites is 1. The van der Waals surface area contributed by atoms with Gasteiger partial charge in [-0.05, 0) is 34.9 Å². The Morgan fingerprint density at radius 3 is 2.30 bits per heavy atom. The summed E-state index contributed by atoms with van der Waals surface area (Å²) in [6.45, 7) is -1.15. The van der Waals surface area contributed by atoms with E-state index in [1.165, 1.54) is 7.11 Å². The maximum absolute atomic E-state index is 13.1. The van der Waals surface area contributed by atoms with Crippen molar-refractivity contribution < 1.29 is 38.6 Å². The Hall–Kier alpha value is -5.65. The van der Waals surface area contributed by atoms with Gasteiger partial charge >= 0.3 is 18.0 Å². The van der Waals surface area contributed by atoms with Gasteiger partial charge in [0, 0.05) is 29.2 Å². The van der Waals surface area contributed by atoms with Crippen molar-refractivity contribution in [1.82, 2.24) is 15.2 Å². The van der Waals surface area contributed by atoms with Crippen LogP contribution in [0.15, 0.2) is 85.1 Å². The molecule has 0 aliphatic heterocycles. The summed E-state index contributed by atoms with van der Waals surface area (Å²) in [5, 5.41) is 15.4. The minimum absolute atomic E-state index is 0.0410. The zero-order valence-electron chi connectivity index (χ0n) is 23.9. The van der Waals surface area contributed by atoms with Gasteiger partial charge in [0.2, 0.25) is 11.8 Å². The Bertz CT molecular complexity index is 1620. The second-order valence-corrected chi connectivity index (χ2v) is 9.91. The maximum atomic E-state index is 13.1. The van der Waals surface area contributed by atoms with Crippen LogP contribution in [0.4, 0.5) is 10.5 Å². The number of hydrogen-bond donors (Lipinski definition) is 4. The number of H-pyrrole nitrogens is 1. The number of nitrogens with zero attached hydrogens (tertiary/aromatic N) is 1. The van der Waals surface area contributed by atoms with Crippen LogP contribution in [-0.4, -0.2) is 71.1 Å². The van der Waals surface area contributed by atoms with Gasteiger partial charge in [-0.2, -0.15) is 0 Å². The van der Waals surface area contributed by atoms with E-state index >= 15 is 0 Å². The highest BCUT2D eigenvalue weighted by Gasteiger charge is 2.26. The van der Waals surface area contributed by atoms with Crippen LogP contribution in [0, 0.1) is 0 Å². The van der Waals surface area contributed by atoms with Crippen LogP contribution >= 0.6 is 0 Å². The normalized spacial score (nSPS) is 11.3. The van der Waals surface area contributed by atoms with Crippen molar-refractivity contribution in [3.8, 4) is 0 Å². The molecular weight excluding hydrogens is 568 g/mol. The maximum Gasteiger partial charge on any atom is 0.411 e. The smallest absolute Gasteiger partial charge is 0.411 e. The SMILES string of the molecule is COC(=O)[C@H](Cc1ccc(NC(=O)OCc2ccccc2)cc1)NC(=O)CN(CC(=O)O)C(=O)Cc1c[nH]c2ccccc12. The molecule has 0 fully saturated rings. The van der Waals surface area contributed by atoms with Gasteiger partial charge in [0.05, 0.1) is 13.5 Å². The van der Waals surface area contributed by atoms with Crippen molar-refractivity contribution in [2.75, 3.05) is 25.5 Å². The number of methoxy groups -OCH3 is 1. The van der Waals surface area contributed by atoms with E-state index in [4.69, 9.17) is 9.47 Å². The molecule has 0 aliphatic carbocycles. The van der Waals surface area contributed by atoms with Crippen molar-refractivity contribution in [2.24, 2.45) is 0 Å². The second kappa shape index (κ2) is 15.0. The summed E-state index contributed by atoms with van der Waals surface area (Å²) >= 11 is 0. The number of esters is 1. The molecule has 0 radical (unpaired) electrons. The summed E-state index contributed by atoms with van der Waals surface area (Å²) in [7, 11) is 1.18. The van der Waals surface area contributed by atoms with Crippen molar-refractivity contribution in [3.05, 3.63) is 102 Å². The predicted octanol–water partition coefficient (Wildman–Crippen LogP) is 3.27. The lowest BCUT2D eigenvalue weighted by Crippen LogP contribution is -2.49. The van der Waals surface area contributed by atoms with E-state index in [9.17, 15) is 29.1 Å². The zero-order chi connectivity index (χ0) is 31.5. The fourth-order valence-electron chi connectivity index (χ4n) is 4.53. The molecule has 44 heavy (non-hydrogen) atoms. The minimum Gasteiger partial charge on any atom is -0.480 e. The molecule has 0 unspecified atom stereocenters. The number of benzene rings is 3. The van der Waals surface area contributed by atoms with Gasteiger partial charge in [0.25, 0.3) is 0 Å². The third-order valence-electron chi connectivity index (χ3n) is 6.70. The van der Waals surface area contributed by atoms with Crippen molar-refractivity contribution in [3.63, 3.8) is 0 Å². The molecule has 228 valence electrons. The van der Waals surface area contributed by atoms with Gasteiger partial charge in [0.15, 0.2) is 0 Å². The summed E-state index contributed by atoms with van der Waals surface area (Å²) in [5.74, 6) is -3.30. The largest absolute Gasteiger partial charge is 0.480 e. The molecule has 3 aromatic carbocycles. The van der Waals surface area contributed by atoms with Gasteiger partial charge in [-0.3, -0.25) is 19.7 Å². The molecule has 12 heteroatoms. The van der Waals surface area contributed by atoms with Crippen LogP contribution in [0.2, 0.25) is 0 Å². The highest BCUT2D eigenvalue weighted by Crippen LogP contribution is 2.19. The Kier molecular flexibility index (Phi) is 10.7. The first-order valence-corrected chi connectivity index (χ1v) is 13.7. The average molecular weight is 601 g/mol. The molecule has 0 aliphatic rings. The summed E-state index contributed by atoms with van der Waals surface area (Å²) in [6.07, 6.45) is 0.958. The number of carbonyl (C=O) groups is 5. The molecule has 1 heterocycles. The van der Waals surface area contributed by atoms with E-state index in [-0.39, 0.29) is 19.4 Å². The third-order valence-corrected chi connectivity index (χ3v) is 6.70. The lowest BCUT2D eigenvalue weighted by atomic mass is 10.1. The number of aromatic nitrogens is 1. The number of carboxylic acids is 1. The summed E-state index contributed by atoms with van der Waals surface area (Å²) in [6, 6.07) is 22.0. The third kappa shape index (κ3) is 8.92. The second-order valence-electron chi connectivity index (χ2n) is 9.91. The average Bonchev–Trinajstić information content (AvgIpc) is 3.42. The van der Waals surface area contributed by atoms with Crippen LogP contribution in [-0.2, 0) is 48.1 Å². The number of carbonyl (C=O) groups excluding carboxylic acids is 4. The molecule has 12 nitrogen and oxygen atoms in total. The number of carboxylic acid groups (broad SMARTS) is 1. The molecule has 0 saturated heterocycles. The van der Waals surface area contributed by atoms with Gasteiger partial charge < -0.3 is 29.8 Å². The topological polar surface area (TPSA) is 167 Å². The summed E-state index contributed by atoms with van der Waals surface area (Å²) in [5.41, 5.74) is 3.44. The highest BCUT2D eigenvalue weighted by atomic mass is 16.5. The lowest BCUT2D eigenvalue weighted by Gasteiger charge is -2.22. The van der Waals surface area contributed by atoms with E-state index < -0.39 is 49.0 Å². The number of amides is 3. The summed E-state index contributed by atoms with van der Waals surface area (Å²) < 4.78 is 10.1. The van der Waals surface area contributed by atoms with Gasteiger partial charge in [-0.1, -0.05) is 60.7 Å². The standard InChI is InChI=1S/C32H32N4O8/c1-43-31(41)27(15-21-11-13-24(14-12-21)34-32(42)44-20-22-7-3-2-4-8-22)35-28(37)18-36(19-30(39)40)29(38)16-23-17-33-26-10-6-5-9-25(23)26/h2-14,17,27,33H,15-16,18-20H2,1H3,(H,34,42)(H,35,37)(H,39,40)/t27-/m0/s1. The first-order chi connectivity index (χ1) is 21.2. The number of rotatable bonds is 13. The number of hydrogen-bond acceptors (Lipinski definition) is 7. The van der Waals surface area contributed by atoms with Crippen LogP contribution in [0.1, 0.15) is 16.7 Å². The lowest BCUT2D eigenvalue weighted by molar-refractivity contribution is -0.147. The van der Waals surface area contributed by atoms with Crippen LogP contribution < -0.4 is 10.6 Å². The number of ether oxygens (including phenoxy) is 2. The Labute approximate surface area is 253 Å². The minimum atomic E-state index is -1.28. The van der Waals surface area contributed by atoms with E-state index in [2.05, 4.69) is 15.6 Å². The van der Waals surface area contributed by atoms with Crippen LogP contribution in [0.3, 0.4) is 0 Å². The fourth-order valence-corrected chi connectivity index (χ4v) is 4.53. The van der Waals surface area contributed by atoms with Gasteiger partial charge in [-0.25, -0.2) is 9.59 Å². The Balaban J connectivity index is 1.34. The van der Waals surface area contributed by atoms with Crippen molar-refractivity contribution in [1.29, 1.82) is 0 Å². The van der Waals surface area contributed by atoms with E-state index in [0.29, 0.717) is 16.8 Å². The molecule has 3 amide bonds. The number of fused-ring (bicyclic) bond motifs is 1. The molecule has 4 N–H and O–H groups in total. The number of anilines is 1. The van der Waals surface area contributed by atoms with Gasteiger partial charge in [-0.15, -0.1) is 0 Å². The van der Waals surface area contributed by atoms with Crippen LogP contribution in [0.5, 0.6) is 0 Å². The highest BCUT2D eigenvalue weighted by molar-refractivity contribution is 5.93. The number of nitrogens with one attached hydrogen (secondary N) is 3. The van der Waals surface area contributed by atoms with Crippen molar-refractivity contribution >= 4 is 46.4 Å². The molecule has 1 atom stereocenters. The Morgan fingerprint density at radius 1 is 0.886 bits per heavy atom. The number of aromatic amines is 1. The quantitative estimate of drug-likeness (QED) is 0.170. The van der Waals surface area contributed by atoms with E-state index in [1.807, 2.05) is 54.6 Å². The molecule has 0 bridgehead atoms.